The minimum atomic E-state index is -0.941. The third kappa shape index (κ3) is 3.72. The monoisotopic (exact) mass is 310 g/mol. The fourth-order valence-corrected chi connectivity index (χ4v) is 3.25. The number of amides is 1. The van der Waals surface area contributed by atoms with Gasteiger partial charge in [0, 0.05) is 35.7 Å². The Bertz CT molecular complexity index is 560. The van der Waals surface area contributed by atoms with Crippen molar-refractivity contribution in [3.8, 4) is 0 Å². The van der Waals surface area contributed by atoms with Crippen molar-refractivity contribution in [2.24, 2.45) is 0 Å². The first kappa shape index (κ1) is 15.3. The summed E-state index contributed by atoms with van der Waals surface area (Å²) in [7, 11) is 0. The van der Waals surface area contributed by atoms with E-state index in [-0.39, 0.29) is 24.1 Å². The molecule has 21 heavy (non-hydrogen) atoms. The normalized spacial score (nSPS) is 18.3. The Kier molecular flexibility index (Phi) is 4.79. The fourth-order valence-electron chi connectivity index (χ4n) is 2.18. The number of non-ortho nitro benzene ring substituents is 1. The molecule has 1 aromatic rings. The Balaban J connectivity index is 2.16. The highest BCUT2D eigenvalue weighted by atomic mass is 32.2. The Labute approximate surface area is 125 Å². The molecule has 1 amide bonds. The quantitative estimate of drug-likeness (QED) is 0.670. The average molecular weight is 310 g/mol. The van der Waals surface area contributed by atoms with Crippen LogP contribution < -0.4 is 0 Å². The molecule has 1 fully saturated rings. The molecular formula is C13H14N2O5S. The zero-order valence-electron chi connectivity index (χ0n) is 11.1. The minimum Gasteiger partial charge on any atom is -0.481 e. The van der Waals surface area contributed by atoms with Gasteiger partial charge >= 0.3 is 5.97 Å². The summed E-state index contributed by atoms with van der Waals surface area (Å²) < 4.78 is 0. The lowest BCUT2D eigenvalue weighted by atomic mass is 10.1. The maximum absolute atomic E-state index is 12.4. The highest BCUT2D eigenvalue weighted by molar-refractivity contribution is 7.99. The van der Waals surface area contributed by atoms with Crippen LogP contribution in [0.1, 0.15) is 16.8 Å². The topological polar surface area (TPSA) is 101 Å². The number of rotatable bonds is 4. The molecule has 1 N–H and O–H groups in total. The van der Waals surface area contributed by atoms with Crippen LogP contribution in [0.15, 0.2) is 24.3 Å². The predicted molar refractivity (Wildman–Crippen MR) is 77.5 cm³/mol. The van der Waals surface area contributed by atoms with Crippen molar-refractivity contribution in [3.05, 3.63) is 39.9 Å². The van der Waals surface area contributed by atoms with E-state index in [1.54, 1.807) is 16.7 Å². The second kappa shape index (κ2) is 6.57. The molecule has 7 nitrogen and oxygen atoms in total. The minimum absolute atomic E-state index is 0.0807. The van der Waals surface area contributed by atoms with E-state index >= 15 is 0 Å². The molecule has 0 aliphatic carbocycles. The highest BCUT2D eigenvalue weighted by Gasteiger charge is 2.29. The van der Waals surface area contributed by atoms with Crippen molar-refractivity contribution >= 4 is 29.3 Å². The Morgan fingerprint density at radius 2 is 2.05 bits per heavy atom. The predicted octanol–water partition coefficient (Wildman–Crippen LogP) is 1.63. The van der Waals surface area contributed by atoms with Gasteiger partial charge < -0.3 is 10.0 Å². The molecule has 0 radical (unpaired) electrons. The molecule has 1 heterocycles. The molecule has 0 bridgehead atoms. The number of nitro benzene ring substituents is 1. The van der Waals surface area contributed by atoms with Crippen LogP contribution in [0.4, 0.5) is 5.69 Å². The fraction of sp³-hybridized carbons (Fsp3) is 0.385. The molecule has 1 saturated heterocycles. The van der Waals surface area contributed by atoms with Crippen molar-refractivity contribution in [1.29, 1.82) is 0 Å². The SMILES string of the molecule is O=C(O)CC1CSCCN1C(=O)c1ccc([N+](=O)[O-])cc1. The van der Waals surface area contributed by atoms with Gasteiger partial charge in [-0.05, 0) is 12.1 Å². The number of benzene rings is 1. The molecule has 1 aliphatic rings. The lowest BCUT2D eigenvalue weighted by molar-refractivity contribution is -0.384. The lowest BCUT2D eigenvalue weighted by Crippen LogP contribution is -2.47. The van der Waals surface area contributed by atoms with Crippen LogP contribution in [0.3, 0.4) is 0 Å². The third-order valence-corrected chi connectivity index (χ3v) is 4.32. The van der Waals surface area contributed by atoms with Gasteiger partial charge in [-0.15, -0.1) is 0 Å². The summed E-state index contributed by atoms with van der Waals surface area (Å²) in [6.07, 6.45) is -0.0915. The van der Waals surface area contributed by atoms with Gasteiger partial charge in [-0.1, -0.05) is 0 Å². The van der Waals surface area contributed by atoms with E-state index in [9.17, 15) is 19.7 Å². The van der Waals surface area contributed by atoms with Gasteiger partial charge in [-0.3, -0.25) is 19.7 Å². The summed E-state index contributed by atoms with van der Waals surface area (Å²) in [5.74, 6) is 0.125. The number of hydrogen-bond donors (Lipinski definition) is 1. The molecule has 1 atom stereocenters. The van der Waals surface area contributed by atoms with Gasteiger partial charge in [0.15, 0.2) is 0 Å². The Morgan fingerprint density at radius 3 is 2.62 bits per heavy atom. The molecule has 0 spiro atoms. The first-order valence-corrected chi connectivity index (χ1v) is 7.49. The van der Waals surface area contributed by atoms with Crippen molar-refractivity contribution < 1.29 is 19.6 Å². The van der Waals surface area contributed by atoms with Crippen LogP contribution in [0, 0.1) is 10.1 Å². The molecule has 1 aromatic carbocycles. The van der Waals surface area contributed by atoms with Crippen LogP contribution >= 0.6 is 11.8 Å². The molecule has 8 heteroatoms. The van der Waals surface area contributed by atoms with Gasteiger partial charge in [-0.2, -0.15) is 11.8 Å². The standard InChI is InChI=1S/C13H14N2O5S/c16-12(17)7-11-8-21-6-5-14(11)13(18)9-1-3-10(4-2-9)15(19)20/h1-4,11H,5-8H2,(H,16,17). The summed E-state index contributed by atoms with van der Waals surface area (Å²) in [5.41, 5.74) is 0.255. The van der Waals surface area contributed by atoms with E-state index < -0.39 is 10.9 Å². The second-order valence-electron chi connectivity index (χ2n) is 4.63. The van der Waals surface area contributed by atoms with Gasteiger partial charge in [0.1, 0.15) is 0 Å². The molecule has 0 aromatic heterocycles. The largest absolute Gasteiger partial charge is 0.481 e. The van der Waals surface area contributed by atoms with Gasteiger partial charge in [-0.25, -0.2) is 0 Å². The van der Waals surface area contributed by atoms with Crippen LogP contribution in [-0.4, -0.2) is 50.9 Å². The number of carbonyl (C=O) groups is 2. The van der Waals surface area contributed by atoms with Crippen LogP contribution in [0.5, 0.6) is 0 Å². The number of carbonyl (C=O) groups excluding carboxylic acids is 1. The van der Waals surface area contributed by atoms with Crippen molar-refractivity contribution in [2.75, 3.05) is 18.1 Å². The first-order chi connectivity index (χ1) is 9.99. The average Bonchev–Trinajstić information content (AvgIpc) is 2.46. The highest BCUT2D eigenvalue weighted by Crippen LogP contribution is 2.22. The van der Waals surface area contributed by atoms with E-state index in [4.69, 9.17) is 5.11 Å². The van der Waals surface area contributed by atoms with Crippen molar-refractivity contribution in [2.45, 2.75) is 12.5 Å². The van der Waals surface area contributed by atoms with Gasteiger partial charge in [0.05, 0.1) is 17.4 Å². The number of aliphatic carboxylic acids is 1. The summed E-state index contributed by atoms with van der Waals surface area (Å²) >= 11 is 1.62. The lowest BCUT2D eigenvalue weighted by Gasteiger charge is -2.34. The molecular weight excluding hydrogens is 296 g/mol. The zero-order valence-corrected chi connectivity index (χ0v) is 11.9. The number of carboxylic acid groups (broad SMARTS) is 1. The van der Waals surface area contributed by atoms with Crippen molar-refractivity contribution in [3.63, 3.8) is 0 Å². The molecule has 112 valence electrons. The molecule has 0 saturated carbocycles. The summed E-state index contributed by atoms with van der Waals surface area (Å²) in [6.45, 7) is 0.485. The van der Waals surface area contributed by atoms with E-state index in [1.165, 1.54) is 24.3 Å². The van der Waals surface area contributed by atoms with E-state index in [0.717, 1.165) is 5.75 Å². The van der Waals surface area contributed by atoms with Crippen LogP contribution in [-0.2, 0) is 4.79 Å². The smallest absolute Gasteiger partial charge is 0.305 e. The Hall–Kier alpha value is -2.09. The second-order valence-corrected chi connectivity index (χ2v) is 5.78. The van der Waals surface area contributed by atoms with Gasteiger partial charge in [0.2, 0.25) is 0 Å². The maximum Gasteiger partial charge on any atom is 0.305 e. The number of thioether (sulfide) groups is 1. The third-order valence-electron chi connectivity index (χ3n) is 3.22. The first-order valence-electron chi connectivity index (χ1n) is 6.34. The summed E-state index contributed by atoms with van der Waals surface area (Å²) in [4.78, 5) is 34.9. The van der Waals surface area contributed by atoms with E-state index in [1.807, 2.05) is 0 Å². The van der Waals surface area contributed by atoms with Crippen molar-refractivity contribution in [1.82, 2.24) is 4.90 Å². The zero-order chi connectivity index (χ0) is 15.4. The van der Waals surface area contributed by atoms with Crippen LogP contribution in [0.2, 0.25) is 0 Å². The molecule has 1 unspecified atom stereocenters. The summed E-state index contributed by atoms with van der Waals surface area (Å²) in [6, 6.07) is 5.01. The molecule has 2 rings (SSSR count). The Morgan fingerprint density at radius 1 is 1.38 bits per heavy atom. The summed E-state index contributed by atoms with van der Waals surface area (Å²) in [5, 5.41) is 19.5. The number of nitrogens with zero attached hydrogens (tertiary/aromatic N) is 2. The number of carboxylic acids is 1. The number of hydrogen-bond acceptors (Lipinski definition) is 5. The maximum atomic E-state index is 12.4. The molecule has 1 aliphatic heterocycles. The number of nitro groups is 1. The van der Waals surface area contributed by atoms with Crippen LogP contribution in [0.25, 0.3) is 0 Å². The van der Waals surface area contributed by atoms with E-state index in [2.05, 4.69) is 0 Å². The van der Waals surface area contributed by atoms with E-state index in [0.29, 0.717) is 17.9 Å². The van der Waals surface area contributed by atoms with Gasteiger partial charge in [0.25, 0.3) is 11.6 Å².